The molecule has 1 N–H and O–H groups in total. The average Bonchev–Trinajstić information content (AvgIpc) is 3.11. The molecule has 2 aliphatic rings. The molecule has 2 aliphatic heterocycles. The lowest BCUT2D eigenvalue weighted by Crippen LogP contribution is -2.56. The molecule has 146 valence electrons. The fourth-order valence-corrected chi connectivity index (χ4v) is 4.20. The summed E-state index contributed by atoms with van der Waals surface area (Å²) in [5, 5.41) is 3.35. The van der Waals surface area contributed by atoms with E-state index in [2.05, 4.69) is 22.1 Å². The lowest BCUT2D eigenvalue weighted by molar-refractivity contribution is -0.148. The van der Waals surface area contributed by atoms with Crippen LogP contribution in [0.4, 0.5) is 6.01 Å². The fraction of sp³-hybridized carbons (Fsp3) is 0.600. The molecule has 2 fully saturated rings. The lowest BCUT2D eigenvalue weighted by Gasteiger charge is -2.42. The van der Waals surface area contributed by atoms with Crippen molar-refractivity contribution in [3.63, 3.8) is 0 Å². The maximum Gasteiger partial charge on any atom is 0.298 e. The molecule has 3 heterocycles. The van der Waals surface area contributed by atoms with Gasteiger partial charge in [0.25, 0.3) is 6.01 Å². The molecule has 0 atom stereocenters. The van der Waals surface area contributed by atoms with Crippen LogP contribution >= 0.6 is 0 Å². The molecule has 2 aromatic rings. The maximum atomic E-state index is 13.2. The van der Waals surface area contributed by atoms with Crippen LogP contribution in [0.15, 0.2) is 22.6 Å². The van der Waals surface area contributed by atoms with E-state index in [4.69, 9.17) is 9.15 Å². The Bertz CT molecular complexity index is 799. The van der Waals surface area contributed by atoms with Crippen LogP contribution in [0.2, 0.25) is 0 Å². The van der Waals surface area contributed by atoms with Gasteiger partial charge in [0, 0.05) is 33.3 Å². The zero-order valence-electron chi connectivity index (χ0n) is 16.2. The van der Waals surface area contributed by atoms with Crippen molar-refractivity contribution in [1.29, 1.82) is 0 Å². The highest BCUT2D eigenvalue weighted by Gasteiger charge is 2.43. The third-order valence-corrected chi connectivity index (χ3v) is 5.80. The molecule has 1 amide bonds. The summed E-state index contributed by atoms with van der Waals surface area (Å²) in [7, 11) is 1.68. The third kappa shape index (κ3) is 3.53. The molecule has 2 saturated heterocycles. The summed E-state index contributed by atoms with van der Waals surface area (Å²) in [4.78, 5) is 22.0. The number of fused-ring (bicyclic) bond motifs is 1. The largest absolute Gasteiger partial charge is 0.423 e. The maximum absolute atomic E-state index is 13.2. The Morgan fingerprint density at radius 2 is 2.00 bits per heavy atom. The SMILES string of the molecule is COCC1(C(=O)N2CCN(c3nc4cc(C)ccc4o3)CC2)CCNCC1. The first-order valence-electron chi connectivity index (χ1n) is 9.72. The van der Waals surface area contributed by atoms with Gasteiger partial charge in [-0.15, -0.1) is 0 Å². The normalized spacial score (nSPS) is 20.2. The van der Waals surface area contributed by atoms with Crippen molar-refractivity contribution in [3.05, 3.63) is 23.8 Å². The van der Waals surface area contributed by atoms with Gasteiger partial charge in [-0.05, 0) is 50.6 Å². The number of nitrogens with zero attached hydrogens (tertiary/aromatic N) is 3. The van der Waals surface area contributed by atoms with Gasteiger partial charge >= 0.3 is 0 Å². The fourth-order valence-electron chi connectivity index (χ4n) is 4.20. The van der Waals surface area contributed by atoms with Gasteiger partial charge in [-0.2, -0.15) is 4.98 Å². The number of methoxy groups -OCH3 is 1. The van der Waals surface area contributed by atoms with E-state index in [-0.39, 0.29) is 11.3 Å². The highest BCUT2D eigenvalue weighted by molar-refractivity contribution is 5.83. The molecule has 0 aliphatic carbocycles. The van der Waals surface area contributed by atoms with E-state index in [0.29, 0.717) is 25.7 Å². The van der Waals surface area contributed by atoms with Gasteiger partial charge in [0.1, 0.15) is 5.52 Å². The van der Waals surface area contributed by atoms with Crippen molar-refractivity contribution in [2.75, 3.05) is 57.9 Å². The molecule has 4 rings (SSSR count). The summed E-state index contributed by atoms with van der Waals surface area (Å²) in [5.74, 6) is 0.235. The number of rotatable bonds is 4. The number of anilines is 1. The number of carbonyl (C=O) groups excluding carboxylic acids is 1. The Morgan fingerprint density at radius 3 is 2.70 bits per heavy atom. The number of aryl methyl sites for hydroxylation is 1. The second-order valence-corrected chi connectivity index (χ2v) is 7.71. The van der Waals surface area contributed by atoms with E-state index in [0.717, 1.165) is 50.1 Å². The molecule has 0 bridgehead atoms. The molecule has 7 heteroatoms. The molecular weight excluding hydrogens is 344 g/mol. The molecule has 0 radical (unpaired) electrons. The van der Waals surface area contributed by atoms with Gasteiger partial charge in [-0.3, -0.25) is 4.79 Å². The van der Waals surface area contributed by atoms with Crippen LogP contribution < -0.4 is 10.2 Å². The van der Waals surface area contributed by atoms with Crippen molar-refractivity contribution in [1.82, 2.24) is 15.2 Å². The van der Waals surface area contributed by atoms with E-state index < -0.39 is 0 Å². The van der Waals surface area contributed by atoms with Crippen LogP contribution in [0.25, 0.3) is 11.1 Å². The van der Waals surface area contributed by atoms with E-state index in [9.17, 15) is 4.79 Å². The van der Waals surface area contributed by atoms with Crippen molar-refractivity contribution >= 4 is 23.0 Å². The van der Waals surface area contributed by atoms with Crippen LogP contribution in [0, 0.1) is 12.3 Å². The first-order chi connectivity index (χ1) is 13.1. The first kappa shape index (κ1) is 18.3. The van der Waals surface area contributed by atoms with Gasteiger partial charge < -0.3 is 24.3 Å². The van der Waals surface area contributed by atoms with Gasteiger partial charge in [-0.1, -0.05) is 6.07 Å². The molecule has 1 aromatic carbocycles. The van der Waals surface area contributed by atoms with Crippen LogP contribution in [-0.4, -0.2) is 68.8 Å². The van der Waals surface area contributed by atoms with Gasteiger partial charge in [0.15, 0.2) is 5.58 Å². The zero-order valence-corrected chi connectivity index (χ0v) is 16.2. The number of piperidine rings is 1. The minimum absolute atomic E-state index is 0.235. The predicted octanol–water partition coefficient (Wildman–Crippen LogP) is 1.80. The second-order valence-electron chi connectivity index (χ2n) is 7.71. The molecule has 0 unspecified atom stereocenters. The number of nitrogens with one attached hydrogen (secondary N) is 1. The van der Waals surface area contributed by atoms with Crippen molar-refractivity contribution in [2.24, 2.45) is 5.41 Å². The van der Waals surface area contributed by atoms with Crippen molar-refractivity contribution in [3.8, 4) is 0 Å². The molecular formula is C20H28N4O3. The molecule has 7 nitrogen and oxygen atoms in total. The Labute approximate surface area is 159 Å². The van der Waals surface area contributed by atoms with Crippen molar-refractivity contribution < 1.29 is 13.9 Å². The van der Waals surface area contributed by atoms with Gasteiger partial charge in [0.2, 0.25) is 5.91 Å². The number of carbonyl (C=O) groups is 1. The number of aromatic nitrogens is 1. The van der Waals surface area contributed by atoms with Crippen molar-refractivity contribution in [2.45, 2.75) is 19.8 Å². The van der Waals surface area contributed by atoms with Crippen LogP contribution in [0.5, 0.6) is 0 Å². The average molecular weight is 372 g/mol. The van der Waals surface area contributed by atoms with E-state index in [1.165, 1.54) is 5.56 Å². The monoisotopic (exact) mass is 372 g/mol. The summed E-state index contributed by atoms with van der Waals surface area (Å²) in [6, 6.07) is 6.68. The minimum Gasteiger partial charge on any atom is -0.423 e. The van der Waals surface area contributed by atoms with Gasteiger partial charge in [0.05, 0.1) is 12.0 Å². The second kappa shape index (κ2) is 7.48. The lowest BCUT2D eigenvalue weighted by atomic mass is 9.78. The van der Waals surface area contributed by atoms with E-state index in [1.807, 2.05) is 23.1 Å². The molecule has 0 saturated carbocycles. The Hall–Kier alpha value is -2.12. The zero-order chi connectivity index (χ0) is 18.9. The highest BCUT2D eigenvalue weighted by Crippen LogP contribution is 2.32. The smallest absolute Gasteiger partial charge is 0.298 e. The molecule has 27 heavy (non-hydrogen) atoms. The standard InChI is InChI=1S/C20H28N4O3/c1-15-3-4-17-16(13-15)22-19(27-17)24-11-9-23(10-12-24)18(25)20(14-26-2)5-7-21-8-6-20/h3-4,13,21H,5-12,14H2,1-2H3. The number of hydrogen-bond donors (Lipinski definition) is 1. The number of amides is 1. The Kier molecular flexibility index (Phi) is 5.06. The Balaban J connectivity index is 1.43. The minimum atomic E-state index is -0.378. The van der Waals surface area contributed by atoms with E-state index in [1.54, 1.807) is 7.11 Å². The number of benzene rings is 1. The Morgan fingerprint density at radius 1 is 1.26 bits per heavy atom. The number of piperazine rings is 1. The molecule has 0 spiro atoms. The summed E-state index contributed by atoms with van der Waals surface area (Å²) in [6.07, 6.45) is 1.68. The number of ether oxygens (including phenoxy) is 1. The summed E-state index contributed by atoms with van der Waals surface area (Å²) in [6.45, 7) is 7.14. The summed E-state index contributed by atoms with van der Waals surface area (Å²) in [5.41, 5.74) is 2.49. The quantitative estimate of drug-likeness (QED) is 0.883. The topological polar surface area (TPSA) is 70.8 Å². The predicted molar refractivity (Wildman–Crippen MR) is 104 cm³/mol. The third-order valence-electron chi connectivity index (χ3n) is 5.80. The van der Waals surface area contributed by atoms with Crippen LogP contribution in [0.1, 0.15) is 18.4 Å². The van der Waals surface area contributed by atoms with E-state index >= 15 is 0 Å². The summed E-state index contributed by atoms with van der Waals surface area (Å²) < 4.78 is 11.3. The van der Waals surface area contributed by atoms with Crippen LogP contribution in [0.3, 0.4) is 0 Å². The first-order valence-corrected chi connectivity index (χ1v) is 9.72. The van der Waals surface area contributed by atoms with Crippen LogP contribution in [-0.2, 0) is 9.53 Å². The summed E-state index contributed by atoms with van der Waals surface area (Å²) >= 11 is 0. The van der Waals surface area contributed by atoms with Gasteiger partial charge in [-0.25, -0.2) is 0 Å². The highest BCUT2D eigenvalue weighted by atomic mass is 16.5. The molecule has 1 aromatic heterocycles. The number of hydrogen-bond acceptors (Lipinski definition) is 6. The number of oxazole rings is 1.